The van der Waals surface area contributed by atoms with Crippen molar-refractivity contribution in [2.75, 3.05) is 0 Å². The maximum absolute atomic E-state index is 12.4. The number of halogens is 5. The van der Waals surface area contributed by atoms with Gasteiger partial charge in [-0.3, -0.25) is 0 Å². The molecule has 0 nitrogen and oxygen atoms in total. The van der Waals surface area contributed by atoms with Gasteiger partial charge in [0.15, 0.2) is 0 Å². The first-order valence-corrected chi connectivity index (χ1v) is 8.30. The van der Waals surface area contributed by atoms with Crippen LogP contribution in [0.2, 0.25) is 0 Å². The van der Waals surface area contributed by atoms with Gasteiger partial charge in [-0.05, 0) is 31.1 Å². The van der Waals surface area contributed by atoms with Crippen molar-refractivity contribution in [2.24, 2.45) is 17.8 Å². The van der Waals surface area contributed by atoms with Gasteiger partial charge in [-0.1, -0.05) is 48.0 Å². The van der Waals surface area contributed by atoms with Crippen LogP contribution in [0.1, 0.15) is 80.1 Å². The van der Waals surface area contributed by atoms with Crippen LogP contribution in [-0.4, -0.2) is 12.1 Å². The smallest absolute Gasteiger partial charge is 0.207 e. The van der Waals surface area contributed by atoms with E-state index in [1.807, 2.05) is 6.92 Å². The lowest BCUT2D eigenvalue weighted by atomic mass is 9.88. The minimum atomic E-state index is -3.99. The van der Waals surface area contributed by atoms with Gasteiger partial charge in [0.2, 0.25) is 5.92 Å². The molecule has 1 fully saturated rings. The molecule has 0 N–H and O–H groups in total. The van der Waals surface area contributed by atoms with Gasteiger partial charge in [0, 0.05) is 12.8 Å². The molecular formula is C17H33F5. The molecule has 0 aromatic rings. The second-order valence-electron chi connectivity index (χ2n) is 6.69. The summed E-state index contributed by atoms with van der Waals surface area (Å²) in [7, 11) is 0. The minimum absolute atomic E-state index is 0.105. The first-order chi connectivity index (χ1) is 9.85. The second-order valence-corrected chi connectivity index (χ2v) is 6.69. The number of hydrogen-bond donors (Lipinski definition) is 0. The van der Waals surface area contributed by atoms with Crippen molar-refractivity contribution in [3.05, 3.63) is 0 Å². The van der Waals surface area contributed by atoms with Gasteiger partial charge in [0.25, 0.3) is 0 Å². The molecule has 136 valence electrons. The molecule has 0 aromatic carbocycles. The topological polar surface area (TPSA) is 0 Å². The van der Waals surface area contributed by atoms with Crippen LogP contribution in [0, 0.1) is 17.8 Å². The Kier molecular flexibility index (Phi) is 12.2. The highest BCUT2D eigenvalue weighted by molar-refractivity contribution is 4.74. The molecule has 1 rings (SSSR count). The van der Waals surface area contributed by atoms with Crippen LogP contribution in [0.4, 0.5) is 22.0 Å². The third-order valence-electron chi connectivity index (χ3n) is 3.99. The van der Waals surface area contributed by atoms with Crippen molar-refractivity contribution in [2.45, 2.75) is 92.2 Å². The maximum Gasteiger partial charge on any atom is 0.391 e. The van der Waals surface area contributed by atoms with Crippen molar-refractivity contribution in [1.29, 1.82) is 0 Å². The van der Waals surface area contributed by atoms with Crippen molar-refractivity contribution >= 4 is 0 Å². The molecular weight excluding hydrogens is 299 g/mol. The molecule has 0 radical (unpaired) electrons. The Morgan fingerprint density at radius 3 is 1.45 bits per heavy atom. The molecule has 0 amide bonds. The number of hydrogen-bond acceptors (Lipinski definition) is 0. The maximum atomic E-state index is 12.4. The van der Waals surface area contributed by atoms with Crippen molar-refractivity contribution in [3.63, 3.8) is 0 Å². The van der Waals surface area contributed by atoms with E-state index in [0.29, 0.717) is 18.8 Å². The zero-order chi connectivity index (χ0) is 18.0. The molecule has 0 aromatic heterocycles. The molecule has 0 saturated heterocycles. The standard InChI is InChI=1S/C7H12F2.C5H9F3.C5H12/c1-6-2-4-7(8,9)5-3-6;1-3-4(2)5(6,7)8;1-4-5(2)3/h6H,2-5H2,1H3;4H,3H2,1-2H3;5H,4H2,1-3H3. The van der Waals surface area contributed by atoms with E-state index in [1.165, 1.54) is 20.3 Å². The lowest BCUT2D eigenvalue weighted by molar-refractivity contribution is -0.170. The van der Waals surface area contributed by atoms with E-state index < -0.39 is 18.0 Å². The van der Waals surface area contributed by atoms with Crippen molar-refractivity contribution in [3.8, 4) is 0 Å². The number of rotatable bonds is 2. The third kappa shape index (κ3) is 14.6. The Hall–Kier alpha value is -0.350. The van der Waals surface area contributed by atoms with Gasteiger partial charge in [-0.15, -0.1) is 0 Å². The summed E-state index contributed by atoms with van der Waals surface area (Å²) in [6, 6.07) is 0. The lowest BCUT2D eigenvalue weighted by Crippen LogP contribution is -2.23. The third-order valence-corrected chi connectivity index (χ3v) is 3.99. The summed E-state index contributed by atoms with van der Waals surface area (Å²) >= 11 is 0. The Labute approximate surface area is 132 Å². The van der Waals surface area contributed by atoms with E-state index in [-0.39, 0.29) is 19.3 Å². The van der Waals surface area contributed by atoms with Gasteiger partial charge in [-0.25, -0.2) is 8.78 Å². The van der Waals surface area contributed by atoms with Crippen LogP contribution in [0.25, 0.3) is 0 Å². The highest BCUT2D eigenvalue weighted by atomic mass is 19.4. The summed E-state index contributed by atoms with van der Waals surface area (Å²) in [4.78, 5) is 0. The summed E-state index contributed by atoms with van der Waals surface area (Å²) in [5.41, 5.74) is 0. The summed E-state index contributed by atoms with van der Waals surface area (Å²) in [6.07, 6.45) is -0.902. The zero-order valence-electron chi connectivity index (χ0n) is 14.9. The first kappa shape index (κ1) is 23.9. The summed E-state index contributed by atoms with van der Waals surface area (Å²) in [5, 5.41) is 0. The average molecular weight is 332 g/mol. The van der Waals surface area contributed by atoms with E-state index in [1.54, 1.807) is 0 Å². The molecule has 0 heterocycles. The van der Waals surface area contributed by atoms with Crippen LogP contribution in [0.3, 0.4) is 0 Å². The summed E-state index contributed by atoms with van der Waals surface area (Å²) < 4.78 is 59.1. The molecule has 1 aliphatic rings. The Balaban J connectivity index is 0. The van der Waals surface area contributed by atoms with Gasteiger partial charge in [-0.2, -0.15) is 13.2 Å². The van der Waals surface area contributed by atoms with Crippen LogP contribution in [0.5, 0.6) is 0 Å². The largest absolute Gasteiger partial charge is 0.391 e. The fourth-order valence-corrected chi connectivity index (χ4v) is 1.42. The Morgan fingerprint density at radius 1 is 0.955 bits per heavy atom. The molecule has 1 aliphatic carbocycles. The van der Waals surface area contributed by atoms with Gasteiger partial charge in [0.1, 0.15) is 0 Å². The van der Waals surface area contributed by atoms with Gasteiger partial charge < -0.3 is 0 Å². The predicted octanol–water partition coefficient (Wildman–Crippen LogP) is 7.48. The van der Waals surface area contributed by atoms with E-state index in [4.69, 9.17) is 0 Å². The van der Waals surface area contributed by atoms with Gasteiger partial charge >= 0.3 is 6.18 Å². The molecule has 1 unspecified atom stereocenters. The minimum Gasteiger partial charge on any atom is -0.207 e. The predicted molar refractivity (Wildman–Crippen MR) is 83.2 cm³/mol. The van der Waals surface area contributed by atoms with E-state index in [2.05, 4.69) is 20.8 Å². The van der Waals surface area contributed by atoms with E-state index >= 15 is 0 Å². The highest BCUT2D eigenvalue weighted by Gasteiger charge is 2.34. The fraction of sp³-hybridized carbons (Fsp3) is 1.00. The lowest BCUT2D eigenvalue weighted by Gasteiger charge is -2.25. The van der Waals surface area contributed by atoms with E-state index in [0.717, 1.165) is 5.92 Å². The molecule has 22 heavy (non-hydrogen) atoms. The normalized spacial score (nSPS) is 19.6. The Morgan fingerprint density at radius 2 is 1.32 bits per heavy atom. The molecule has 0 bridgehead atoms. The molecule has 1 atom stereocenters. The van der Waals surface area contributed by atoms with Crippen LogP contribution in [0.15, 0.2) is 0 Å². The van der Waals surface area contributed by atoms with Crippen molar-refractivity contribution < 1.29 is 22.0 Å². The monoisotopic (exact) mass is 332 g/mol. The van der Waals surface area contributed by atoms with Gasteiger partial charge in [0.05, 0.1) is 5.92 Å². The second kappa shape index (κ2) is 11.2. The summed E-state index contributed by atoms with van der Waals surface area (Å²) in [5.74, 6) is -2.09. The molecule has 5 heteroatoms. The van der Waals surface area contributed by atoms with Crippen molar-refractivity contribution in [1.82, 2.24) is 0 Å². The summed E-state index contributed by atoms with van der Waals surface area (Å²) in [6.45, 7) is 11.4. The Bertz CT molecular complexity index is 248. The zero-order valence-corrected chi connectivity index (χ0v) is 14.9. The van der Waals surface area contributed by atoms with Crippen LogP contribution >= 0.6 is 0 Å². The number of alkyl halides is 5. The average Bonchev–Trinajstić information content (AvgIpc) is 2.41. The van der Waals surface area contributed by atoms with Crippen LogP contribution < -0.4 is 0 Å². The van der Waals surface area contributed by atoms with E-state index in [9.17, 15) is 22.0 Å². The quantitative estimate of drug-likeness (QED) is 0.460. The van der Waals surface area contributed by atoms with Crippen LogP contribution in [-0.2, 0) is 0 Å². The highest BCUT2D eigenvalue weighted by Crippen LogP contribution is 2.35. The SMILES string of the molecule is CC1CCC(F)(F)CC1.CCC(C)C.CCC(C)C(F)(F)F. The molecule has 0 spiro atoms. The molecule has 0 aliphatic heterocycles. The fourth-order valence-electron chi connectivity index (χ4n) is 1.42. The molecule has 1 saturated carbocycles. The first-order valence-electron chi connectivity index (χ1n) is 8.30.